The summed E-state index contributed by atoms with van der Waals surface area (Å²) in [5, 5.41) is 9.81. The maximum Gasteiger partial charge on any atom is 0.188 e. The molecule has 0 saturated carbocycles. The molecule has 0 heterocycles. The van der Waals surface area contributed by atoms with Gasteiger partial charge in [-0.3, -0.25) is 0 Å². The van der Waals surface area contributed by atoms with E-state index in [1.807, 2.05) is 31.2 Å². The molecule has 2 heteroatoms. The van der Waals surface area contributed by atoms with Crippen molar-refractivity contribution in [3.63, 3.8) is 0 Å². The first kappa shape index (κ1) is 10.9. The van der Waals surface area contributed by atoms with Gasteiger partial charge in [0.2, 0.25) is 0 Å². The summed E-state index contributed by atoms with van der Waals surface area (Å²) in [5.41, 5.74) is 6.26. The van der Waals surface area contributed by atoms with Gasteiger partial charge in [0.05, 0.1) is 6.57 Å². The van der Waals surface area contributed by atoms with E-state index in [-0.39, 0.29) is 0 Å². The summed E-state index contributed by atoms with van der Waals surface area (Å²) in [6, 6.07) is 9.62. The molecule has 2 aromatic rings. The Morgan fingerprint density at radius 2 is 2.00 bits per heavy atom. The van der Waals surface area contributed by atoms with E-state index in [1.54, 1.807) is 6.07 Å². The van der Waals surface area contributed by atoms with Gasteiger partial charge in [-0.25, -0.2) is 4.85 Å². The Hall–Kier alpha value is -2.27. The van der Waals surface area contributed by atoms with Gasteiger partial charge >= 0.3 is 0 Å². The Labute approximate surface area is 106 Å². The zero-order chi connectivity index (χ0) is 12.7. The number of hydrogen-bond donors (Lipinski definition) is 1. The molecular weight excluding hydrogens is 222 g/mol. The van der Waals surface area contributed by atoms with Crippen LogP contribution in [-0.2, 0) is 12.8 Å². The number of hydrogen-bond acceptors (Lipinski definition) is 1. The molecule has 2 nitrogen and oxygen atoms in total. The smallest absolute Gasteiger partial charge is 0.188 e. The van der Waals surface area contributed by atoms with Crippen LogP contribution in [0.5, 0.6) is 5.75 Å². The van der Waals surface area contributed by atoms with E-state index in [2.05, 4.69) is 4.85 Å². The Kier molecular flexibility index (Phi) is 2.34. The van der Waals surface area contributed by atoms with Crippen molar-refractivity contribution >= 4 is 5.69 Å². The zero-order valence-corrected chi connectivity index (χ0v) is 10.2. The molecule has 0 spiro atoms. The zero-order valence-electron chi connectivity index (χ0n) is 10.2. The number of aromatic hydroxyl groups is 1. The summed E-state index contributed by atoms with van der Waals surface area (Å²) >= 11 is 0. The Morgan fingerprint density at radius 3 is 2.61 bits per heavy atom. The lowest BCUT2D eigenvalue weighted by molar-refractivity contribution is 0.471. The van der Waals surface area contributed by atoms with Gasteiger partial charge in [0.1, 0.15) is 5.75 Å². The van der Waals surface area contributed by atoms with Crippen molar-refractivity contribution in [2.24, 2.45) is 0 Å². The van der Waals surface area contributed by atoms with Gasteiger partial charge in [-0.15, -0.1) is 0 Å². The van der Waals surface area contributed by atoms with E-state index in [0.29, 0.717) is 11.4 Å². The van der Waals surface area contributed by atoms with Crippen molar-refractivity contribution < 1.29 is 5.11 Å². The van der Waals surface area contributed by atoms with Gasteiger partial charge in [-0.05, 0) is 54.2 Å². The summed E-state index contributed by atoms with van der Waals surface area (Å²) < 4.78 is 0. The summed E-state index contributed by atoms with van der Waals surface area (Å²) in [7, 11) is 0. The van der Waals surface area contributed by atoms with Crippen molar-refractivity contribution in [1.82, 2.24) is 0 Å². The lowest BCUT2D eigenvalue weighted by atomic mass is 9.82. The van der Waals surface area contributed by atoms with Gasteiger partial charge < -0.3 is 5.11 Å². The Bertz CT molecular complexity index is 680. The van der Waals surface area contributed by atoms with Gasteiger partial charge in [0, 0.05) is 0 Å². The fraction of sp³-hybridized carbons (Fsp3) is 0.188. The van der Waals surface area contributed by atoms with Crippen LogP contribution in [0.1, 0.15) is 16.7 Å². The first-order chi connectivity index (χ1) is 8.69. The minimum Gasteiger partial charge on any atom is -0.508 e. The number of phenolic OH excluding ortho intramolecular Hbond substituents is 1. The number of rotatable bonds is 1. The average molecular weight is 235 g/mol. The van der Waals surface area contributed by atoms with Crippen molar-refractivity contribution in [1.29, 1.82) is 0 Å². The topological polar surface area (TPSA) is 24.6 Å². The number of phenols is 1. The molecule has 0 amide bonds. The van der Waals surface area contributed by atoms with E-state index >= 15 is 0 Å². The molecule has 0 unspecified atom stereocenters. The summed E-state index contributed by atoms with van der Waals surface area (Å²) in [6.07, 6.45) is 2.13. The molecule has 0 radical (unpaired) electrons. The largest absolute Gasteiger partial charge is 0.508 e. The molecule has 0 saturated heterocycles. The second-order valence-electron chi connectivity index (χ2n) is 4.74. The van der Waals surface area contributed by atoms with Crippen molar-refractivity contribution in [2.45, 2.75) is 19.8 Å². The minimum atomic E-state index is 0.314. The monoisotopic (exact) mass is 235 g/mol. The standard InChI is InChI=1S/C16H13NO/c1-10-3-4-12(8-16(10)18)15-9-13(17-2)7-11-5-6-14(11)15/h3-4,7-9,18H,5-6H2,1H3. The maximum absolute atomic E-state index is 9.81. The molecule has 88 valence electrons. The van der Waals surface area contributed by atoms with Crippen LogP contribution in [0.2, 0.25) is 0 Å². The Morgan fingerprint density at radius 1 is 1.17 bits per heavy atom. The molecule has 0 fully saturated rings. The van der Waals surface area contributed by atoms with Crippen LogP contribution in [0.3, 0.4) is 0 Å². The van der Waals surface area contributed by atoms with Crippen molar-refractivity contribution in [3.8, 4) is 16.9 Å². The van der Waals surface area contributed by atoms with Crippen LogP contribution in [0.25, 0.3) is 16.0 Å². The van der Waals surface area contributed by atoms with Gasteiger partial charge in [0.25, 0.3) is 0 Å². The predicted molar refractivity (Wildman–Crippen MR) is 71.9 cm³/mol. The Balaban J connectivity index is 2.20. The van der Waals surface area contributed by atoms with Gasteiger partial charge in [-0.1, -0.05) is 23.8 Å². The van der Waals surface area contributed by atoms with E-state index < -0.39 is 0 Å². The lowest BCUT2D eigenvalue weighted by Crippen LogP contribution is -2.09. The predicted octanol–water partition coefficient (Wildman–Crippen LogP) is 4.02. The molecule has 2 aromatic carbocycles. The van der Waals surface area contributed by atoms with E-state index in [9.17, 15) is 5.11 Å². The highest BCUT2D eigenvalue weighted by Crippen LogP contribution is 2.38. The van der Waals surface area contributed by atoms with Crippen LogP contribution < -0.4 is 0 Å². The molecule has 3 rings (SSSR count). The van der Waals surface area contributed by atoms with E-state index in [4.69, 9.17) is 6.57 Å². The number of fused-ring (bicyclic) bond motifs is 1. The highest BCUT2D eigenvalue weighted by Gasteiger charge is 2.19. The van der Waals surface area contributed by atoms with Gasteiger partial charge in [-0.2, -0.15) is 0 Å². The van der Waals surface area contributed by atoms with Crippen molar-refractivity contribution in [3.05, 3.63) is 58.4 Å². The maximum atomic E-state index is 9.81. The van der Waals surface area contributed by atoms with E-state index in [0.717, 1.165) is 29.5 Å². The molecule has 18 heavy (non-hydrogen) atoms. The molecule has 1 aliphatic rings. The van der Waals surface area contributed by atoms with Crippen LogP contribution in [-0.4, -0.2) is 5.11 Å². The highest BCUT2D eigenvalue weighted by atomic mass is 16.3. The molecule has 1 aliphatic carbocycles. The SMILES string of the molecule is [C-]#[N+]c1cc2c(c(-c3ccc(C)c(O)c3)c1)CC2. The lowest BCUT2D eigenvalue weighted by Gasteiger charge is -2.23. The summed E-state index contributed by atoms with van der Waals surface area (Å²) in [6.45, 7) is 9.03. The third kappa shape index (κ3) is 1.56. The second kappa shape index (κ2) is 3.89. The summed E-state index contributed by atoms with van der Waals surface area (Å²) in [5.74, 6) is 0.314. The third-order valence-corrected chi connectivity index (χ3v) is 3.62. The average Bonchev–Trinajstić information content (AvgIpc) is 2.34. The van der Waals surface area contributed by atoms with E-state index in [1.165, 1.54) is 11.1 Å². The molecule has 0 aromatic heterocycles. The third-order valence-electron chi connectivity index (χ3n) is 3.62. The first-order valence-corrected chi connectivity index (χ1v) is 6.02. The molecule has 0 aliphatic heterocycles. The molecule has 1 N–H and O–H groups in total. The fourth-order valence-electron chi connectivity index (χ4n) is 2.42. The molecule has 0 atom stereocenters. The number of aryl methyl sites for hydroxylation is 2. The first-order valence-electron chi connectivity index (χ1n) is 6.02. The van der Waals surface area contributed by atoms with Crippen LogP contribution >= 0.6 is 0 Å². The summed E-state index contributed by atoms with van der Waals surface area (Å²) in [4.78, 5) is 3.52. The van der Waals surface area contributed by atoms with Crippen molar-refractivity contribution in [2.75, 3.05) is 0 Å². The number of nitrogens with zero attached hydrogens (tertiary/aromatic N) is 1. The van der Waals surface area contributed by atoms with Crippen LogP contribution in [0, 0.1) is 13.5 Å². The normalized spacial score (nSPS) is 12.4. The van der Waals surface area contributed by atoms with Crippen LogP contribution in [0.15, 0.2) is 30.3 Å². The highest BCUT2D eigenvalue weighted by molar-refractivity contribution is 5.76. The minimum absolute atomic E-state index is 0.314. The van der Waals surface area contributed by atoms with Crippen LogP contribution in [0.4, 0.5) is 5.69 Å². The molecule has 0 bridgehead atoms. The van der Waals surface area contributed by atoms with Gasteiger partial charge in [0.15, 0.2) is 5.69 Å². The fourth-order valence-corrected chi connectivity index (χ4v) is 2.42. The number of benzene rings is 2. The quantitative estimate of drug-likeness (QED) is 0.742. The second-order valence-corrected chi connectivity index (χ2v) is 4.74. The molecular formula is C16H13NO.